The third-order valence-corrected chi connectivity index (χ3v) is 1.36. The van der Waals surface area contributed by atoms with Gasteiger partial charge in [-0.1, -0.05) is 0 Å². The Morgan fingerprint density at radius 1 is 1.36 bits per heavy atom. The second-order valence-corrected chi connectivity index (χ2v) is 2.21. The summed E-state index contributed by atoms with van der Waals surface area (Å²) < 4.78 is 35.3. The summed E-state index contributed by atoms with van der Waals surface area (Å²) >= 11 is 0. The summed E-state index contributed by atoms with van der Waals surface area (Å²) in [7, 11) is 0. The molecule has 0 spiro atoms. The van der Waals surface area contributed by atoms with Gasteiger partial charge in [0, 0.05) is 6.42 Å². The predicted octanol–water partition coefficient (Wildman–Crippen LogP) is 0.211. The van der Waals surface area contributed by atoms with Crippen molar-refractivity contribution in [2.45, 2.75) is 12.6 Å². The van der Waals surface area contributed by atoms with Gasteiger partial charge in [-0.05, 0) is 0 Å². The van der Waals surface area contributed by atoms with Crippen molar-refractivity contribution in [3.05, 3.63) is 0 Å². The van der Waals surface area contributed by atoms with Crippen LogP contribution in [-0.2, 0) is 9.59 Å². The largest absolute Gasteiger partial charge is 0.401 e. The number of nitrogens with one attached hydrogen (secondary N) is 1. The number of carbonyl (C=O) groups excluding carboxylic acids is 2. The van der Waals surface area contributed by atoms with Crippen molar-refractivity contribution in [1.82, 2.24) is 5.32 Å². The predicted molar refractivity (Wildman–Crippen MR) is 27.3 cm³/mol. The summed E-state index contributed by atoms with van der Waals surface area (Å²) in [5.74, 6) is -4.25. The van der Waals surface area contributed by atoms with E-state index in [0.29, 0.717) is 0 Å². The average Bonchev–Trinajstić information content (AvgIpc) is 2.08. The monoisotopic (exact) mass is 167 g/mol. The topological polar surface area (TPSA) is 46.2 Å². The molecule has 1 atom stereocenters. The number of halogens is 3. The van der Waals surface area contributed by atoms with Crippen LogP contribution in [0.25, 0.3) is 0 Å². The summed E-state index contributed by atoms with van der Waals surface area (Å²) in [5, 5.41) is 1.58. The molecule has 0 aliphatic carbocycles. The third-order valence-electron chi connectivity index (χ3n) is 1.36. The molecule has 1 aliphatic rings. The SMILES string of the molecule is O=C1C[C@H](C(F)(F)F)C(=O)N1. The minimum Gasteiger partial charge on any atom is -0.296 e. The highest BCUT2D eigenvalue weighted by atomic mass is 19.4. The van der Waals surface area contributed by atoms with Gasteiger partial charge in [0.15, 0.2) is 0 Å². The first-order chi connectivity index (χ1) is 4.91. The zero-order valence-electron chi connectivity index (χ0n) is 5.23. The first kappa shape index (κ1) is 8.03. The van der Waals surface area contributed by atoms with Gasteiger partial charge in [-0.2, -0.15) is 13.2 Å². The molecule has 2 amide bonds. The van der Waals surface area contributed by atoms with E-state index in [4.69, 9.17) is 0 Å². The average molecular weight is 167 g/mol. The number of rotatable bonds is 0. The van der Waals surface area contributed by atoms with E-state index in [9.17, 15) is 22.8 Å². The molecule has 11 heavy (non-hydrogen) atoms. The summed E-state index contributed by atoms with van der Waals surface area (Å²) in [4.78, 5) is 20.7. The van der Waals surface area contributed by atoms with Crippen molar-refractivity contribution in [2.75, 3.05) is 0 Å². The fourth-order valence-corrected chi connectivity index (χ4v) is 0.818. The van der Waals surface area contributed by atoms with Gasteiger partial charge in [0.05, 0.1) is 0 Å². The zero-order chi connectivity index (χ0) is 8.65. The molecule has 1 rings (SSSR count). The van der Waals surface area contributed by atoms with E-state index < -0.39 is 30.3 Å². The Kier molecular flexibility index (Phi) is 1.62. The van der Waals surface area contributed by atoms with Crippen LogP contribution in [0.1, 0.15) is 6.42 Å². The van der Waals surface area contributed by atoms with Crippen LogP contribution >= 0.6 is 0 Å². The molecule has 0 aromatic carbocycles. The molecule has 0 aromatic rings. The Bertz CT molecular complexity index is 210. The number of hydrogen-bond acceptors (Lipinski definition) is 2. The number of hydrogen-bond donors (Lipinski definition) is 1. The third kappa shape index (κ3) is 1.50. The minimum absolute atomic E-state index is 0.775. The van der Waals surface area contributed by atoms with Gasteiger partial charge < -0.3 is 0 Å². The normalized spacial score (nSPS) is 25.5. The van der Waals surface area contributed by atoms with Gasteiger partial charge in [-0.25, -0.2) is 0 Å². The van der Waals surface area contributed by atoms with Crippen LogP contribution in [0.4, 0.5) is 13.2 Å². The summed E-state index contributed by atoms with van der Waals surface area (Å²) in [6.45, 7) is 0. The first-order valence-corrected chi connectivity index (χ1v) is 2.81. The van der Waals surface area contributed by atoms with Crippen LogP contribution < -0.4 is 5.32 Å². The van der Waals surface area contributed by atoms with Gasteiger partial charge in [0.1, 0.15) is 5.92 Å². The molecule has 62 valence electrons. The van der Waals surface area contributed by atoms with E-state index in [1.807, 2.05) is 0 Å². The number of amides is 2. The Balaban J connectivity index is 2.76. The van der Waals surface area contributed by atoms with Crippen molar-refractivity contribution >= 4 is 11.8 Å². The fraction of sp³-hybridized carbons (Fsp3) is 0.600. The van der Waals surface area contributed by atoms with Crippen LogP contribution in [0.15, 0.2) is 0 Å². The van der Waals surface area contributed by atoms with Crippen molar-refractivity contribution in [1.29, 1.82) is 0 Å². The summed E-state index contributed by atoms with van der Waals surface area (Å²) in [5.41, 5.74) is 0. The maximum atomic E-state index is 11.8. The van der Waals surface area contributed by atoms with E-state index in [2.05, 4.69) is 0 Å². The van der Waals surface area contributed by atoms with Gasteiger partial charge >= 0.3 is 6.18 Å². The van der Waals surface area contributed by atoms with Gasteiger partial charge in [0.2, 0.25) is 11.8 Å². The van der Waals surface area contributed by atoms with Crippen LogP contribution in [0.5, 0.6) is 0 Å². The van der Waals surface area contributed by atoms with E-state index in [1.54, 1.807) is 5.32 Å². The quantitative estimate of drug-likeness (QED) is 0.524. The lowest BCUT2D eigenvalue weighted by molar-refractivity contribution is -0.178. The lowest BCUT2D eigenvalue weighted by atomic mass is 10.1. The van der Waals surface area contributed by atoms with Crippen molar-refractivity contribution in [2.24, 2.45) is 5.92 Å². The van der Waals surface area contributed by atoms with Crippen LogP contribution in [0, 0.1) is 5.92 Å². The molecule has 0 radical (unpaired) electrons. The Hall–Kier alpha value is -1.07. The van der Waals surface area contributed by atoms with Crippen LogP contribution in [-0.4, -0.2) is 18.0 Å². The van der Waals surface area contributed by atoms with E-state index >= 15 is 0 Å². The molecule has 0 bridgehead atoms. The van der Waals surface area contributed by atoms with Crippen molar-refractivity contribution < 1.29 is 22.8 Å². The maximum Gasteiger partial charge on any atom is 0.401 e. The van der Waals surface area contributed by atoms with E-state index in [1.165, 1.54) is 0 Å². The molecule has 0 unspecified atom stereocenters. The molecule has 1 heterocycles. The second kappa shape index (κ2) is 2.21. The summed E-state index contributed by atoms with van der Waals surface area (Å²) in [6, 6.07) is 0. The molecule has 3 nitrogen and oxygen atoms in total. The fourth-order valence-electron chi connectivity index (χ4n) is 0.818. The maximum absolute atomic E-state index is 11.8. The van der Waals surface area contributed by atoms with Gasteiger partial charge in [0.25, 0.3) is 0 Å². The smallest absolute Gasteiger partial charge is 0.296 e. The van der Waals surface area contributed by atoms with Crippen LogP contribution in [0.3, 0.4) is 0 Å². The highest BCUT2D eigenvalue weighted by Crippen LogP contribution is 2.31. The summed E-state index contributed by atoms with van der Waals surface area (Å²) in [6.07, 6.45) is -5.38. The highest BCUT2D eigenvalue weighted by Gasteiger charge is 2.49. The second-order valence-electron chi connectivity index (χ2n) is 2.21. The molecule has 1 N–H and O–H groups in total. The highest BCUT2D eigenvalue weighted by molar-refractivity contribution is 6.03. The number of carbonyl (C=O) groups is 2. The molecule has 1 fully saturated rings. The first-order valence-electron chi connectivity index (χ1n) is 2.81. The van der Waals surface area contributed by atoms with Crippen LogP contribution in [0.2, 0.25) is 0 Å². The van der Waals surface area contributed by atoms with Crippen molar-refractivity contribution in [3.8, 4) is 0 Å². The van der Waals surface area contributed by atoms with E-state index in [-0.39, 0.29) is 0 Å². The molecule has 6 heteroatoms. The van der Waals surface area contributed by atoms with E-state index in [0.717, 1.165) is 0 Å². The number of alkyl halides is 3. The standard InChI is InChI=1S/C5H4F3NO2/c6-5(7,8)2-1-3(10)9-4(2)11/h2H,1H2,(H,9,10,11)/t2-/m0/s1. The molecule has 1 aliphatic heterocycles. The lowest BCUT2D eigenvalue weighted by Gasteiger charge is -2.09. The Morgan fingerprint density at radius 2 is 1.91 bits per heavy atom. The molecule has 0 saturated carbocycles. The Labute approximate surface area is 59.6 Å². The molecule has 0 aromatic heterocycles. The molecular formula is C5H4F3NO2. The van der Waals surface area contributed by atoms with Gasteiger partial charge in [-0.3, -0.25) is 14.9 Å². The Morgan fingerprint density at radius 3 is 2.09 bits per heavy atom. The minimum atomic E-state index is -4.60. The van der Waals surface area contributed by atoms with Crippen molar-refractivity contribution in [3.63, 3.8) is 0 Å². The molecule has 1 saturated heterocycles. The van der Waals surface area contributed by atoms with Gasteiger partial charge in [-0.15, -0.1) is 0 Å². The zero-order valence-corrected chi connectivity index (χ0v) is 5.23. The lowest BCUT2D eigenvalue weighted by Crippen LogP contribution is -2.30. The molecular weight excluding hydrogens is 163 g/mol. The number of imide groups is 1.